The van der Waals surface area contributed by atoms with Crippen molar-refractivity contribution in [2.45, 2.75) is 19.9 Å². The van der Waals surface area contributed by atoms with E-state index >= 15 is 0 Å². The van der Waals surface area contributed by atoms with Gasteiger partial charge in [-0.1, -0.05) is 11.6 Å². The first kappa shape index (κ1) is 22.2. The summed E-state index contributed by atoms with van der Waals surface area (Å²) in [4.78, 5) is 27.5. The van der Waals surface area contributed by atoms with Crippen LogP contribution in [-0.2, 0) is 9.59 Å². The lowest BCUT2D eigenvalue weighted by Gasteiger charge is -2.23. The highest BCUT2D eigenvalue weighted by molar-refractivity contribution is 6.51. The van der Waals surface area contributed by atoms with Gasteiger partial charge >= 0.3 is 0 Å². The fraction of sp³-hybridized carbons (Fsp3) is 0.160. The molecule has 1 saturated heterocycles. The van der Waals surface area contributed by atoms with E-state index in [1.165, 1.54) is 11.0 Å². The summed E-state index contributed by atoms with van der Waals surface area (Å²) >= 11 is 6.16. The first-order valence-electron chi connectivity index (χ1n) is 10.2. The second-order valence-electron chi connectivity index (χ2n) is 7.35. The monoisotopic (exact) mass is 462 g/mol. The molecule has 2 heterocycles. The van der Waals surface area contributed by atoms with Crippen molar-refractivity contribution in [2.24, 2.45) is 0 Å². The Morgan fingerprint density at radius 1 is 1.18 bits per heavy atom. The van der Waals surface area contributed by atoms with Crippen molar-refractivity contribution < 1.29 is 23.8 Å². The second kappa shape index (κ2) is 8.85. The molecule has 3 aromatic rings. The molecule has 7 nitrogen and oxygen atoms in total. The molecule has 1 N–H and O–H groups in total. The van der Waals surface area contributed by atoms with Crippen molar-refractivity contribution in [3.8, 4) is 11.8 Å². The van der Waals surface area contributed by atoms with E-state index in [4.69, 9.17) is 26.0 Å². The molecule has 8 heteroatoms. The van der Waals surface area contributed by atoms with Gasteiger partial charge in [-0.3, -0.25) is 14.5 Å². The smallest absolute Gasteiger partial charge is 0.300 e. The van der Waals surface area contributed by atoms with Crippen LogP contribution in [0.25, 0.3) is 5.76 Å². The van der Waals surface area contributed by atoms with Crippen LogP contribution in [0.15, 0.2) is 64.6 Å². The zero-order chi connectivity index (χ0) is 23.7. The van der Waals surface area contributed by atoms with Crippen molar-refractivity contribution in [3.05, 3.63) is 87.8 Å². The number of aliphatic hydroxyl groups is 1. The van der Waals surface area contributed by atoms with Gasteiger partial charge in [0.2, 0.25) is 0 Å². The Morgan fingerprint density at radius 2 is 1.91 bits per heavy atom. The Balaban J connectivity index is 1.90. The topological polar surface area (TPSA) is 104 Å². The van der Waals surface area contributed by atoms with Crippen LogP contribution in [0.2, 0.25) is 5.02 Å². The summed E-state index contributed by atoms with van der Waals surface area (Å²) in [6.07, 6.45) is 0. The molecule has 0 aliphatic carbocycles. The molecule has 1 fully saturated rings. The Hall–Kier alpha value is -4.02. The molecule has 4 rings (SSSR count). The molecule has 2 aromatic carbocycles. The van der Waals surface area contributed by atoms with Crippen LogP contribution in [0.3, 0.4) is 0 Å². The molecule has 0 radical (unpaired) electrons. The third kappa shape index (κ3) is 3.97. The van der Waals surface area contributed by atoms with Crippen molar-refractivity contribution >= 4 is 34.7 Å². The van der Waals surface area contributed by atoms with Crippen LogP contribution < -0.4 is 9.64 Å². The van der Waals surface area contributed by atoms with Gasteiger partial charge < -0.3 is 14.3 Å². The van der Waals surface area contributed by atoms with Crippen molar-refractivity contribution in [2.75, 3.05) is 11.5 Å². The van der Waals surface area contributed by atoms with Gasteiger partial charge in [-0.05, 0) is 68.4 Å². The number of nitriles is 1. The molecule has 1 amide bonds. The lowest BCUT2D eigenvalue weighted by molar-refractivity contribution is -0.132. The van der Waals surface area contributed by atoms with Crippen LogP contribution in [-0.4, -0.2) is 23.4 Å². The third-order valence-corrected chi connectivity index (χ3v) is 5.57. The number of nitrogens with zero attached hydrogens (tertiary/aromatic N) is 2. The predicted molar refractivity (Wildman–Crippen MR) is 122 cm³/mol. The lowest BCUT2D eigenvalue weighted by Crippen LogP contribution is -2.29. The van der Waals surface area contributed by atoms with E-state index < -0.39 is 17.7 Å². The molecule has 33 heavy (non-hydrogen) atoms. The largest absolute Gasteiger partial charge is 0.507 e. The number of ether oxygens (including phenoxy) is 1. The normalized spacial score (nSPS) is 17.3. The fourth-order valence-corrected chi connectivity index (χ4v) is 3.91. The maximum atomic E-state index is 13.1. The van der Waals surface area contributed by atoms with Gasteiger partial charge in [0.15, 0.2) is 0 Å². The standard InChI is InChI=1S/C25H19ClN2O5/c1-3-32-20-12-16(7-10-18(20)26)23(29)21-22(19-11-4-14(2)33-19)28(25(31)24(21)30)17-8-5-15(13-27)6-9-17/h4-12,22,29H,3H2,1-2H3/b23-21-. The average molecular weight is 463 g/mol. The summed E-state index contributed by atoms with van der Waals surface area (Å²) < 4.78 is 11.3. The fourth-order valence-electron chi connectivity index (χ4n) is 3.74. The van der Waals surface area contributed by atoms with E-state index in [0.717, 1.165) is 0 Å². The van der Waals surface area contributed by atoms with Crippen LogP contribution in [0, 0.1) is 18.3 Å². The highest BCUT2D eigenvalue weighted by atomic mass is 35.5. The van der Waals surface area contributed by atoms with E-state index in [0.29, 0.717) is 40.2 Å². The first-order chi connectivity index (χ1) is 15.8. The van der Waals surface area contributed by atoms with E-state index in [1.54, 1.807) is 62.4 Å². The Labute approximate surface area is 195 Å². The van der Waals surface area contributed by atoms with Gasteiger partial charge in [0.05, 0.1) is 28.8 Å². The molecule has 1 aliphatic rings. The molecule has 1 aromatic heterocycles. The molecule has 166 valence electrons. The Kier molecular flexibility index (Phi) is 5.95. The summed E-state index contributed by atoms with van der Waals surface area (Å²) in [5, 5.41) is 20.6. The quantitative estimate of drug-likeness (QED) is 0.320. The van der Waals surface area contributed by atoms with Crippen molar-refractivity contribution in [3.63, 3.8) is 0 Å². The first-order valence-corrected chi connectivity index (χ1v) is 10.5. The summed E-state index contributed by atoms with van der Waals surface area (Å²) in [7, 11) is 0. The highest BCUT2D eigenvalue weighted by Crippen LogP contribution is 2.43. The number of Topliss-reactive ketones (excluding diaryl/α,β-unsaturated/α-hetero) is 1. The number of anilines is 1. The maximum absolute atomic E-state index is 13.1. The van der Waals surface area contributed by atoms with Crippen LogP contribution in [0.5, 0.6) is 5.75 Å². The number of aryl methyl sites for hydroxylation is 1. The minimum atomic E-state index is -1.00. The maximum Gasteiger partial charge on any atom is 0.300 e. The number of carbonyl (C=O) groups is 2. The SMILES string of the molecule is CCOc1cc(/C(O)=C2/C(=O)C(=O)N(c3ccc(C#N)cc3)C2c2ccc(C)o2)ccc1Cl. The number of halogens is 1. The van der Waals surface area contributed by atoms with Gasteiger partial charge in [-0.2, -0.15) is 5.26 Å². The number of ketones is 1. The predicted octanol–water partition coefficient (Wildman–Crippen LogP) is 5.14. The van der Waals surface area contributed by atoms with Gasteiger partial charge in [-0.25, -0.2) is 0 Å². The van der Waals surface area contributed by atoms with Gasteiger partial charge in [-0.15, -0.1) is 0 Å². The van der Waals surface area contributed by atoms with Gasteiger partial charge in [0.1, 0.15) is 29.1 Å². The van der Waals surface area contributed by atoms with Crippen LogP contribution in [0.4, 0.5) is 5.69 Å². The summed E-state index contributed by atoms with van der Waals surface area (Å²) in [5.74, 6) is -0.809. The molecular formula is C25H19ClN2O5. The van der Waals surface area contributed by atoms with E-state index in [9.17, 15) is 14.7 Å². The zero-order valence-electron chi connectivity index (χ0n) is 17.8. The van der Waals surface area contributed by atoms with E-state index in [2.05, 4.69) is 0 Å². The zero-order valence-corrected chi connectivity index (χ0v) is 18.6. The third-order valence-electron chi connectivity index (χ3n) is 5.25. The summed E-state index contributed by atoms with van der Waals surface area (Å²) in [6.45, 7) is 3.90. The number of amides is 1. The average Bonchev–Trinajstić information content (AvgIpc) is 3.36. The minimum absolute atomic E-state index is 0.122. The minimum Gasteiger partial charge on any atom is -0.507 e. The molecule has 1 atom stereocenters. The van der Waals surface area contributed by atoms with E-state index in [1.807, 2.05) is 6.07 Å². The summed E-state index contributed by atoms with van der Waals surface area (Å²) in [6, 6.07) is 15.2. The Morgan fingerprint density at radius 3 is 2.52 bits per heavy atom. The number of carbonyl (C=O) groups excluding carboxylic acids is 2. The lowest BCUT2D eigenvalue weighted by atomic mass is 9.99. The highest BCUT2D eigenvalue weighted by Gasteiger charge is 2.48. The molecule has 1 unspecified atom stereocenters. The number of hydrogen-bond acceptors (Lipinski definition) is 6. The second-order valence-corrected chi connectivity index (χ2v) is 7.76. The molecule has 0 spiro atoms. The molecular weight excluding hydrogens is 444 g/mol. The number of hydrogen-bond donors (Lipinski definition) is 1. The van der Waals surface area contributed by atoms with Crippen LogP contribution >= 0.6 is 11.6 Å². The van der Waals surface area contributed by atoms with Crippen molar-refractivity contribution in [1.29, 1.82) is 5.26 Å². The van der Waals surface area contributed by atoms with Gasteiger partial charge in [0.25, 0.3) is 11.7 Å². The number of aliphatic hydroxyl groups excluding tert-OH is 1. The number of furan rings is 1. The number of rotatable bonds is 5. The number of benzene rings is 2. The van der Waals surface area contributed by atoms with E-state index in [-0.39, 0.29) is 16.9 Å². The summed E-state index contributed by atoms with van der Waals surface area (Å²) in [5.41, 5.74) is 0.947. The molecule has 0 bridgehead atoms. The molecule has 0 saturated carbocycles. The van der Waals surface area contributed by atoms with Crippen LogP contribution in [0.1, 0.15) is 35.6 Å². The molecule has 1 aliphatic heterocycles. The Bertz CT molecular complexity index is 1320. The van der Waals surface area contributed by atoms with Gasteiger partial charge in [0, 0.05) is 11.3 Å². The van der Waals surface area contributed by atoms with Crippen molar-refractivity contribution in [1.82, 2.24) is 0 Å².